The molecule has 1 aliphatic heterocycles. The molecule has 26 heavy (non-hydrogen) atoms. The molecule has 0 saturated carbocycles. The Morgan fingerprint density at radius 2 is 2.04 bits per heavy atom. The highest BCUT2D eigenvalue weighted by molar-refractivity contribution is 5.79. The zero-order valence-corrected chi connectivity index (χ0v) is 16.5. The first-order chi connectivity index (χ1) is 12.7. The van der Waals surface area contributed by atoms with E-state index in [1.54, 1.807) is 0 Å². The predicted molar refractivity (Wildman–Crippen MR) is 107 cm³/mol. The Morgan fingerprint density at radius 1 is 1.23 bits per heavy atom. The number of aliphatic imine (C=N–C) groups is 1. The fraction of sp³-hybridized carbons (Fsp3) is 0.650. The topological polar surface area (TPSA) is 58.1 Å². The second kappa shape index (κ2) is 11.8. The number of benzene rings is 1. The molecule has 0 radical (unpaired) electrons. The van der Waals surface area contributed by atoms with Crippen LogP contribution in [0.1, 0.15) is 31.4 Å². The van der Waals surface area contributed by atoms with E-state index >= 15 is 0 Å². The van der Waals surface area contributed by atoms with Gasteiger partial charge in [-0.25, -0.2) is 4.99 Å². The lowest BCUT2D eigenvalue weighted by Crippen LogP contribution is -2.44. The van der Waals surface area contributed by atoms with Gasteiger partial charge in [0.1, 0.15) is 5.75 Å². The Hall–Kier alpha value is -1.79. The van der Waals surface area contributed by atoms with Gasteiger partial charge in [-0.1, -0.05) is 19.1 Å². The van der Waals surface area contributed by atoms with Gasteiger partial charge in [0.2, 0.25) is 0 Å². The van der Waals surface area contributed by atoms with Gasteiger partial charge in [-0.3, -0.25) is 4.90 Å². The van der Waals surface area contributed by atoms with Gasteiger partial charge >= 0.3 is 0 Å². The summed E-state index contributed by atoms with van der Waals surface area (Å²) in [6, 6.07) is 6.32. The van der Waals surface area contributed by atoms with Gasteiger partial charge in [0, 0.05) is 38.3 Å². The molecule has 0 amide bonds. The fourth-order valence-electron chi connectivity index (χ4n) is 2.80. The monoisotopic (exact) mass is 362 g/mol. The molecule has 146 valence electrons. The molecule has 0 unspecified atom stereocenters. The quantitative estimate of drug-likeness (QED) is 0.521. The Morgan fingerprint density at radius 3 is 2.77 bits per heavy atom. The molecule has 1 aliphatic rings. The van der Waals surface area contributed by atoms with Gasteiger partial charge in [0.15, 0.2) is 5.96 Å². The summed E-state index contributed by atoms with van der Waals surface area (Å²) in [7, 11) is 0. The van der Waals surface area contributed by atoms with Gasteiger partial charge in [-0.2, -0.15) is 0 Å². The average molecular weight is 363 g/mol. The number of rotatable bonds is 9. The predicted octanol–water partition coefficient (Wildman–Crippen LogP) is 2.17. The van der Waals surface area contributed by atoms with Gasteiger partial charge in [0.05, 0.1) is 26.4 Å². The van der Waals surface area contributed by atoms with Gasteiger partial charge in [0.25, 0.3) is 0 Å². The van der Waals surface area contributed by atoms with Crippen molar-refractivity contribution in [2.45, 2.75) is 33.7 Å². The van der Waals surface area contributed by atoms with E-state index in [-0.39, 0.29) is 0 Å². The summed E-state index contributed by atoms with van der Waals surface area (Å²) in [6.45, 7) is 14.0. The number of hydrogen-bond donors (Lipinski definition) is 2. The highest BCUT2D eigenvalue weighted by Crippen LogP contribution is 2.21. The van der Waals surface area contributed by atoms with E-state index in [1.807, 2.05) is 0 Å². The minimum atomic E-state index is 0.603. The van der Waals surface area contributed by atoms with Gasteiger partial charge in [-0.05, 0) is 31.9 Å². The Labute approximate surface area is 158 Å². The van der Waals surface area contributed by atoms with Crippen molar-refractivity contribution in [2.24, 2.45) is 4.99 Å². The van der Waals surface area contributed by atoms with Crippen molar-refractivity contribution in [3.05, 3.63) is 29.3 Å². The highest BCUT2D eigenvalue weighted by Gasteiger charge is 2.10. The van der Waals surface area contributed by atoms with E-state index < -0.39 is 0 Å². The van der Waals surface area contributed by atoms with E-state index in [9.17, 15) is 0 Å². The summed E-state index contributed by atoms with van der Waals surface area (Å²) in [5, 5.41) is 6.75. The number of hydrogen-bond acceptors (Lipinski definition) is 4. The van der Waals surface area contributed by atoms with Crippen LogP contribution in [0, 0.1) is 6.92 Å². The fourth-order valence-corrected chi connectivity index (χ4v) is 2.80. The highest BCUT2D eigenvalue weighted by atomic mass is 16.5. The lowest BCUT2D eigenvalue weighted by atomic mass is 10.1. The maximum atomic E-state index is 5.89. The van der Waals surface area contributed by atoms with Crippen LogP contribution >= 0.6 is 0 Å². The molecule has 0 spiro atoms. The van der Waals surface area contributed by atoms with Crippen LogP contribution in [-0.4, -0.2) is 63.4 Å². The number of nitrogens with zero attached hydrogens (tertiary/aromatic N) is 2. The molecule has 1 aromatic carbocycles. The van der Waals surface area contributed by atoms with Crippen LogP contribution in [0.4, 0.5) is 0 Å². The molecule has 6 nitrogen and oxygen atoms in total. The zero-order chi connectivity index (χ0) is 18.6. The summed E-state index contributed by atoms with van der Waals surface area (Å²) in [4.78, 5) is 7.15. The number of aryl methyl sites for hydroxylation is 1. The number of morpholine rings is 1. The van der Waals surface area contributed by atoms with Crippen LogP contribution in [0.15, 0.2) is 23.2 Å². The first kappa shape index (κ1) is 20.5. The van der Waals surface area contributed by atoms with Crippen molar-refractivity contribution in [3.8, 4) is 5.75 Å². The standard InChI is InChI=1S/C20H34N4O2/c1-4-12-26-19-15-17(3)6-7-18(19)16-23-20(21-5-2)22-8-9-24-10-13-25-14-11-24/h6-7,15H,4-5,8-14,16H2,1-3H3,(H2,21,22,23). The molecule has 0 aliphatic carbocycles. The first-order valence-corrected chi connectivity index (χ1v) is 9.77. The van der Waals surface area contributed by atoms with Gasteiger partial charge in [-0.15, -0.1) is 0 Å². The van der Waals surface area contributed by atoms with Crippen LogP contribution in [0.3, 0.4) is 0 Å². The smallest absolute Gasteiger partial charge is 0.191 e. The second-order valence-electron chi connectivity index (χ2n) is 6.54. The third-order valence-electron chi connectivity index (χ3n) is 4.26. The minimum absolute atomic E-state index is 0.603. The van der Waals surface area contributed by atoms with Crippen molar-refractivity contribution in [3.63, 3.8) is 0 Å². The van der Waals surface area contributed by atoms with Gasteiger partial charge < -0.3 is 20.1 Å². The molecule has 0 atom stereocenters. The third kappa shape index (κ3) is 7.22. The molecule has 1 aromatic rings. The molecule has 2 rings (SSSR count). The van der Waals surface area contributed by atoms with Crippen molar-refractivity contribution in [2.75, 3.05) is 52.5 Å². The lowest BCUT2D eigenvalue weighted by molar-refractivity contribution is 0.0389. The van der Waals surface area contributed by atoms with Crippen LogP contribution in [0.2, 0.25) is 0 Å². The van der Waals surface area contributed by atoms with Crippen LogP contribution < -0.4 is 15.4 Å². The van der Waals surface area contributed by atoms with Crippen molar-refractivity contribution >= 4 is 5.96 Å². The molecule has 2 N–H and O–H groups in total. The summed E-state index contributed by atoms with van der Waals surface area (Å²) < 4.78 is 11.3. The Bertz CT molecular complexity index is 557. The molecule has 1 heterocycles. The summed E-state index contributed by atoms with van der Waals surface area (Å²) in [5.74, 6) is 1.79. The minimum Gasteiger partial charge on any atom is -0.493 e. The van der Waals surface area contributed by atoms with E-state index in [2.05, 4.69) is 54.5 Å². The molecule has 0 bridgehead atoms. The zero-order valence-electron chi connectivity index (χ0n) is 16.5. The van der Waals surface area contributed by atoms with E-state index in [1.165, 1.54) is 5.56 Å². The number of ether oxygens (including phenoxy) is 2. The average Bonchev–Trinajstić information content (AvgIpc) is 2.66. The lowest BCUT2D eigenvalue weighted by Gasteiger charge is -2.26. The van der Waals surface area contributed by atoms with Crippen LogP contribution in [0.25, 0.3) is 0 Å². The molecule has 6 heteroatoms. The van der Waals surface area contributed by atoms with Crippen molar-refractivity contribution in [1.29, 1.82) is 0 Å². The Balaban J connectivity index is 1.90. The first-order valence-electron chi connectivity index (χ1n) is 9.77. The second-order valence-corrected chi connectivity index (χ2v) is 6.54. The summed E-state index contributed by atoms with van der Waals surface area (Å²) in [5.41, 5.74) is 2.33. The molecular formula is C20H34N4O2. The largest absolute Gasteiger partial charge is 0.493 e. The van der Waals surface area contributed by atoms with Crippen molar-refractivity contribution < 1.29 is 9.47 Å². The van der Waals surface area contributed by atoms with E-state index in [0.717, 1.165) is 76.2 Å². The normalized spacial score (nSPS) is 15.7. The molecule has 1 saturated heterocycles. The third-order valence-corrected chi connectivity index (χ3v) is 4.26. The number of nitrogens with one attached hydrogen (secondary N) is 2. The molecule has 0 aromatic heterocycles. The number of guanidine groups is 1. The molecule has 1 fully saturated rings. The van der Waals surface area contributed by atoms with E-state index in [0.29, 0.717) is 6.54 Å². The van der Waals surface area contributed by atoms with Crippen LogP contribution in [0.5, 0.6) is 5.75 Å². The summed E-state index contributed by atoms with van der Waals surface area (Å²) >= 11 is 0. The SMILES string of the molecule is CCCOc1cc(C)ccc1CN=C(NCC)NCCN1CCOCC1. The maximum absolute atomic E-state index is 5.89. The summed E-state index contributed by atoms with van der Waals surface area (Å²) in [6.07, 6.45) is 1.00. The van der Waals surface area contributed by atoms with Crippen LogP contribution in [-0.2, 0) is 11.3 Å². The van der Waals surface area contributed by atoms with Crippen molar-refractivity contribution in [1.82, 2.24) is 15.5 Å². The Kier molecular flexibility index (Phi) is 9.28. The maximum Gasteiger partial charge on any atom is 0.191 e. The molecular weight excluding hydrogens is 328 g/mol. The van der Waals surface area contributed by atoms with E-state index in [4.69, 9.17) is 14.5 Å².